The number of furan rings is 1. The molecule has 0 aliphatic carbocycles. The highest BCUT2D eigenvalue weighted by atomic mass is 16.4. The number of carbonyl (C=O) groups excluding carboxylic acids is 2. The van der Waals surface area contributed by atoms with Crippen LogP contribution in [0.4, 0.5) is 5.69 Å². The number of benzene rings is 1. The summed E-state index contributed by atoms with van der Waals surface area (Å²) in [6.07, 6.45) is 0.431. The number of aliphatic hydroxyl groups is 1. The summed E-state index contributed by atoms with van der Waals surface area (Å²) in [7, 11) is 0. The Hall–Kier alpha value is -2.60. The molecule has 1 aromatic carbocycles. The smallest absolute Gasteiger partial charge is 0.313 e. The van der Waals surface area contributed by atoms with Gasteiger partial charge in [-0.2, -0.15) is 0 Å². The fourth-order valence-corrected chi connectivity index (χ4v) is 1.86. The molecule has 0 saturated heterocycles. The number of hydrogen-bond acceptors (Lipinski definition) is 4. The number of aliphatic hydroxyl groups excluding tert-OH is 1. The summed E-state index contributed by atoms with van der Waals surface area (Å²) in [5.74, 6) is -1.27. The first kappa shape index (κ1) is 15.8. The Morgan fingerprint density at radius 1 is 1.18 bits per heavy atom. The van der Waals surface area contributed by atoms with Crippen molar-refractivity contribution < 1.29 is 19.1 Å². The van der Waals surface area contributed by atoms with Gasteiger partial charge in [0.1, 0.15) is 11.9 Å². The number of rotatable bonds is 4. The fraction of sp³-hybridized carbons (Fsp3) is 0.250. The van der Waals surface area contributed by atoms with E-state index in [0.29, 0.717) is 11.4 Å². The van der Waals surface area contributed by atoms with Gasteiger partial charge in [-0.1, -0.05) is 6.07 Å². The Balaban J connectivity index is 1.86. The van der Waals surface area contributed by atoms with E-state index >= 15 is 0 Å². The van der Waals surface area contributed by atoms with Crippen molar-refractivity contribution in [2.75, 3.05) is 11.9 Å². The van der Waals surface area contributed by atoms with Gasteiger partial charge in [0.25, 0.3) is 0 Å². The molecule has 1 aromatic heterocycles. The largest absolute Gasteiger partial charge is 0.467 e. The van der Waals surface area contributed by atoms with Crippen LogP contribution < -0.4 is 10.6 Å². The van der Waals surface area contributed by atoms with Crippen LogP contribution in [-0.4, -0.2) is 23.5 Å². The van der Waals surface area contributed by atoms with E-state index in [-0.39, 0.29) is 6.54 Å². The molecule has 0 saturated carbocycles. The number of nitrogens with one attached hydrogen (secondary N) is 2. The average Bonchev–Trinajstić information content (AvgIpc) is 3.02. The van der Waals surface area contributed by atoms with Gasteiger partial charge in [0.2, 0.25) is 0 Å². The molecule has 0 aliphatic rings. The highest BCUT2D eigenvalue weighted by molar-refractivity contribution is 6.39. The molecule has 0 spiro atoms. The second-order valence-electron chi connectivity index (χ2n) is 4.99. The predicted octanol–water partition coefficient (Wildman–Crippen LogP) is 1.68. The molecular weight excluding hydrogens is 284 g/mol. The van der Waals surface area contributed by atoms with E-state index in [1.807, 2.05) is 19.9 Å². The Bertz CT molecular complexity index is 665. The van der Waals surface area contributed by atoms with E-state index < -0.39 is 17.9 Å². The second-order valence-corrected chi connectivity index (χ2v) is 4.99. The molecule has 0 aliphatic heterocycles. The van der Waals surface area contributed by atoms with Crippen molar-refractivity contribution in [3.8, 4) is 0 Å². The van der Waals surface area contributed by atoms with Crippen LogP contribution in [0.5, 0.6) is 0 Å². The Morgan fingerprint density at radius 2 is 1.95 bits per heavy atom. The molecule has 2 rings (SSSR count). The quantitative estimate of drug-likeness (QED) is 0.749. The molecule has 1 unspecified atom stereocenters. The number of anilines is 1. The maximum atomic E-state index is 11.8. The van der Waals surface area contributed by atoms with Crippen molar-refractivity contribution in [2.24, 2.45) is 0 Å². The van der Waals surface area contributed by atoms with Crippen LogP contribution in [0.1, 0.15) is 23.0 Å². The van der Waals surface area contributed by atoms with E-state index in [2.05, 4.69) is 10.6 Å². The third kappa shape index (κ3) is 3.95. The van der Waals surface area contributed by atoms with Gasteiger partial charge in [-0.3, -0.25) is 9.59 Å². The molecule has 6 nitrogen and oxygen atoms in total. The van der Waals surface area contributed by atoms with Crippen LogP contribution in [-0.2, 0) is 9.59 Å². The zero-order valence-corrected chi connectivity index (χ0v) is 12.4. The van der Waals surface area contributed by atoms with Crippen LogP contribution in [0.15, 0.2) is 41.0 Å². The molecular formula is C16H18N2O4. The first-order valence-electron chi connectivity index (χ1n) is 6.85. The van der Waals surface area contributed by atoms with Crippen molar-refractivity contribution in [3.05, 3.63) is 53.5 Å². The monoisotopic (exact) mass is 302 g/mol. The summed E-state index contributed by atoms with van der Waals surface area (Å²) in [6.45, 7) is 3.78. The maximum absolute atomic E-state index is 11.8. The summed E-state index contributed by atoms with van der Waals surface area (Å²) in [6, 6.07) is 8.60. The molecule has 1 atom stereocenters. The van der Waals surface area contributed by atoms with Crippen LogP contribution in [0.25, 0.3) is 0 Å². The number of amides is 2. The molecule has 2 amide bonds. The number of carbonyl (C=O) groups is 2. The molecule has 6 heteroatoms. The van der Waals surface area contributed by atoms with Crippen molar-refractivity contribution in [2.45, 2.75) is 20.0 Å². The van der Waals surface area contributed by atoms with E-state index in [1.54, 1.807) is 24.3 Å². The lowest BCUT2D eigenvalue weighted by atomic mass is 10.1. The Kier molecular flexibility index (Phi) is 4.95. The third-order valence-electron chi connectivity index (χ3n) is 3.30. The summed E-state index contributed by atoms with van der Waals surface area (Å²) in [5.41, 5.74) is 2.67. The minimum Gasteiger partial charge on any atom is -0.467 e. The lowest BCUT2D eigenvalue weighted by Gasteiger charge is -2.10. The van der Waals surface area contributed by atoms with Crippen molar-refractivity contribution >= 4 is 17.5 Å². The van der Waals surface area contributed by atoms with Gasteiger partial charge in [0.15, 0.2) is 0 Å². The van der Waals surface area contributed by atoms with Crippen LogP contribution in [0, 0.1) is 13.8 Å². The van der Waals surface area contributed by atoms with Crippen molar-refractivity contribution in [1.82, 2.24) is 5.32 Å². The zero-order chi connectivity index (χ0) is 16.1. The van der Waals surface area contributed by atoms with Gasteiger partial charge in [-0.05, 0) is 49.2 Å². The average molecular weight is 302 g/mol. The Morgan fingerprint density at radius 3 is 2.59 bits per heavy atom. The summed E-state index contributed by atoms with van der Waals surface area (Å²) in [4.78, 5) is 23.5. The lowest BCUT2D eigenvalue weighted by molar-refractivity contribution is -0.136. The van der Waals surface area contributed by atoms with Crippen molar-refractivity contribution in [3.63, 3.8) is 0 Å². The van der Waals surface area contributed by atoms with Crippen LogP contribution >= 0.6 is 0 Å². The summed E-state index contributed by atoms with van der Waals surface area (Å²) < 4.78 is 5.01. The van der Waals surface area contributed by atoms with E-state index in [0.717, 1.165) is 11.1 Å². The van der Waals surface area contributed by atoms with E-state index in [9.17, 15) is 14.7 Å². The van der Waals surface area contributed by atoms with Crippen LogP contribution in [0.3, 0.4) is 0 Å². The van der Waals surface area contributed by atoms with Gasteiger partial charge in [-0.15, -0.1) is 0 Å². The van der Waals surface area contributed by atoms with E-state index in [1.165, 1.54) is 6.26 Å². The molecule has 116 valence electrons. The Labute approximate surface area is 128 Å². The number of hydrogen-bond donors (Lipinski definition) is 3. The van der Waals surface area contributed by atoms with E-state index in [4.69, 9.17) is 4.42 Å². The highest BCUT2D eigenvalue weighted by Crippen LogP contribution is 2.14. The SMILES string of the molecule is Cc1ccc(NC(=O)C(=O)NCC(O)c2ccco2)cc1C. The summed E-state index contributed by atoms with van der Waals surface area (Å²) in [5, 5.41) is 14.6. The minimum atomic E-state index is -0.992. The van der Waals surface area contributed by atoms with Gasteiger partial charge in [0.05, 0.1) is 12.8 Å². The second kappa shape index (κ2) is 6.91. The molecule has 3 N–H and O–H groups in total. The lowest BCUT2D eigenvalue weighted by Crippen LogP contribution is -2.37. The van der Waals surface area contributed by atoms with Gasteiger partial charge >= 0.3 is 11.8 Å². The minimum absolute atomic E-state index is 0.104. The predicted molar refractivity (Wildman–Crippen MR) is 81.2 cm³/mol. The topological polar surface area (TPSA) is 91.6 Å². The van der Waals surface area contributed by atoms with Crippen LogP contribution in [0.2, 0.25) is 0 Å². The third-order valence-corrected chi connectivity index (χ3v) is 3.30. The standard InChI is InChI=1S/C16H18N2O4/c1-10-5-6-12(8-11(10)2)18-16(21)15(20)17-9-13(19)14-4-3-7-22-14/h3-8,13,19H,9H2,1-2H3,(H,17,20)(H,18,21). The maximum Gasteiger partial charge on any atom is 0.313 e. The molecule has 2 aromatic rings. The van der Waals surface area contributed by atoms with Crippen molar-refractivity contribution in [1.29, 1.82) is 0 Å². The molecule has 1 heterocycles. The van der Waals surface area contributed by atoms with Gasteiger partial charge < -0.3 is 20.2 Å². The molecule has 0 bridgehead atoms. The molecule has 0 radical (unpaired) electrons. The first-order valence-corrected chi connectivity index (χ1v) is 6.85. The van der Waals surface area contributed by atoms with Gasteiger partial charge in [0, 0.05) is 5.69 Å². The first-order chi connectivity index (χ1) is 10.5. The zero-order valence-electron chi connectivity index (χ0n) is 12.4. The number of aryl methyl sites for hydroxylation is 2. The fourth-order valence-electron chi connectivity index (χ4n) is 1.86. The molecule has 0 fully saturated rings. The normalized spacial score (nSPS) is 11.8. The van der Waals surface area contributed by atoms with Gasteiger partial charge in [-0.25, -0.2) is 0 Å². The highest BCUT2D eigenvalue weighted by Gasteiger charge is 2.17. The molecule has 22 heavy (non-hydrogen) atoms. The summed E-state index contributed by atoms with van der Waals surface area (Å²) >= 11 is 0.